The van der Waals surface area contributed by atoms with Crippen molar-refractivity contribution in [2.24, 2.45) is 5.92 Å². The molecule has 2 heterocycles. The Morgan fingerprint density at radius 2 is 2.20 bits per heavy atom. The molecule has 0 aromatic carbocycles. The average Bonchev–Trinajstić information content (AvgIpc) is 2.95. The van der Waals surface area contributed by atoms with Gasteiger partial charge >= 0.3 is 0 Å². The number of hydrogen-bond acceptors (Lipinski definition) is 4. The highest BCUT2D eigenvalue weighted by atomic mass is 32.1. The summed E-state index contributed by atoms with van der Waals surface area (Å²) in [6.07, 6.45) is 1.48. The zero-order valence-corrected chi connectivity index (χ0v) is 12.9. The van der Waals surface area contributed by atoms with E-state index >= 15 is 0 Å². The summed E-state index contributed by atoms with van der Waals surface area (Å²) >= 11 is 1.50. The fraction of sp³-hybridized carbons (Fsp3) is 0.643. The molecule has 1 aromatic rings. The fourth-order valence-corrected chi connectivity index (χ4v) is 3.04. The van der Waals surface area contributed by atoms with Gasteiger partial charge in [0.1, 0.15) is 12.1 Å². The van der Waals surface area contributed by atoms with Gasteiger partial charge in [-0.2, -0.15) is 0 Å². The average molecular weight is 295 g/mol. The van der Waals surface area contributed by atoms with Crippen LogP contribution in [0.15, 0.2) is 10.9 Å². The van der Waals surface area contributed by atoms with Gasteiger partial charge in [-0.1, -0.05) is 27.2 Å². The molecular formula is C14H21N3O2S. The summed E-state index contributed by atoms with van der Waals surface area (Å²) in [6, 6.07) is -0.793. The van der Waals surface area contributed by atoms with Crippen LogP contribution in [0.3, 0.4) is 0 Å². The number of piperazine rings is 1. The number of amides is 2. The lowest BCUT2D eigenvalue weighted by molar-refractivity contribution is -0.151. The quantitative estimate of drug-likeness (QED) is 0.901. The zero-order chi connectivity index (χ0) is 14.7. The molecule has 20 heavy (non-hydrogen) atoms. The second-order valence-corrected chi connectivity index (χ2v) is 5.96. The highest BCUT2D eigenvalue weighted by Crippen LogP contribution is 2.21. The van der Waals surface area contributed by atoms with Crippen molar-refractivity contribution in [1.29, 1.82) is 0 Å². The van der Waals surface area contributed by atoms with Gasteiger partial charge in [0.25, 0.3) is 0 Å². The number of nitrogens with zero attached hydrogens (tertiary/aromatic N) is 2. The molecule has 0 saturated carbocycles. The molecule has 1 aromatic heterocycles. The van der Waals surface area contributed by atoms with Gasteiger partial charge in [-0.25, -0.2) is 4.98 Å². The highest BCUT2D eigenvalue weighted by molar-refractivity contribution is 7.07. The van der Waals surface area contributed by atoms with E-state index in [0.29, 0.717) is 13.0 Å². The second-order valence-electron chi connectivity index (χ2n) is 5.24. The third-order valence-corrected chi connectivity index (χ3v) is 4.58. The second kappa shape index (κ2) is 6.35. The van der Waals surface area contributed by atoms with Crippen LogP contribution in [0.5, 0.6) is 0 Å². The van der Waals surface area contributed by atoms with Crippen molar-refractivity contribution in [2.75, 3.05) is 0 Å². The van der Waals surface area contributed by atoms with E-state index in [2.05, 4.69) is 10.3 Å². The number of hydrogen-bond donors (Lipinski definition) is 1. The molecule has 5 nitrogen and oxygen atoms in total. The number of nitrogens with one attached hydrogen (secondary N) is 1. The van der Waals surface area contributed by atoms with Crippen molar-refractivity contribution >= 4 is 23.2 Å². The monoisotopic (exact) mass is 295 g/mol. The van der Waals surface area contributed by atoms with Crippen LogP contribution in [-0.2, 0) is 16.1 Å². The summed E-state index contributed by atoms with van der Waals surface area (Å²) in [7, 11) is 0. The predicted molar refractivity (Wildman–Crippen MR) is 78.1 cm³/mol. The summed E-state index contributed by atoms with van der Waals surface area (Å²) < 4.78 is 0. The molecule has 0 aliphatic carbocycles. The Morgan fingerprint density at radius 1 is 1.45 bits per heavy atom. The van der Waals surface area contributed by atoms with Gasteiger partial charge in [0.15, 0.2) is 0 Å². The van der Waals surface area contributed by atoms with Gasteiger partial charge in [-0.05, 0) is 12.3 Å². The van der Waals surface area contributed by atoms with E-state index in [1.54, 1.807) is 10.4 Å². The Balaban J connectivity index is 2.23. The van der Waals surface area contributed by atoms with Crippen LogP contribution < -0.4 is 5.32 Å². The minimum absolute atomic E-state index is 0.0128. The van der Waals surface area contributed by atoms with Crippen molar-refractivity contribution in [1.82, 2.24) is 15.2 Å². The van der Waals surface area contributed by atoms with Gasteiger partial charge < -0.3 is 10.2 Å². The maximum atomic E-state index is 12.7. The summed E-state index contributed by atoms with van der Waals surface area (Å²) in [5.41, 5.74) is 2.59. The number of aromatic nitrogens is 1. The highest BCUT2D eigenvalue weighted by Gasteiger charge is 2.41. The van der Waals surface area contributed by atoms with E-state index in [-0.39, 0.29) is 23.8 Å². The van der Waals surface area contributed by atoms with Crippen LogP contribution >= 0.6 is 11.3 Å². The van der Waals surface area contributed by atoms with E-state index in [4.69, 9.17) is 0 Å². The Kier molecular flexibility index (Phi) is 4.75. The van der Waals surface area contributed by atoms with Crippen LogP contribution in [-0.4, -0.2) is 33.8 Å². The maximum absolute atomic E-state index is 12.7. The van der Waals surface area contributed by atoms with Gasteiger partial charge in [0.05, 0.1) is 17.7 Å². The molecule has 6 heteroatoms. The molecule has 1 aliphatic heterocycles. The first-order valence-corrected chi connectivity index (χ1v) is 8.00. The topological polar surface area (TPSA) is 62.3 Å². The van der Waals surface area contributed by atoms with Gasteiger partial charge in [0, 0.05) is 5.38 Å². The van der Waals surface area contributed by atoms with E-state index in [1.807, 2.05) is 26.2 Å². The molecule has 3 atom stereocenters. The molecule has 1 saturated heterocycles. The van der Waals surface area contributed by atoms with Crippen LogP contribution in [0.1, 0.15) is 39.3 Å². The molecule has 0 bridgehead atoms. The van der Waals surface area contributed by atoms with Crippen molar-refractivity contribution in [3.63, 3.8) is 0 Å². The number of thiazole rings is 1. The Labute approximate surface area is 123 Å². The molecule has 2 rings (SSSR count). The molecule has 1 fully saturated rings. The first-order chi connectivity index (χ1) is 9.58. The van der Waals surface area contributed by atoms with Crippen LogP contribution in [0, 0.1) is 5.92 Å². The largest absolute Gasteiger partial charge is 0.342 e. The van der Waals surface area contributed by atoms with E-state index in [1.165, 1.54) is 11.3 Å². The van der Waals surface area contributed by atoms with Crippen LogP contribution in [0.2, 0.25) is 0 Å². The lowest BCUT2D eigenvalue weighted by atomic mass is 9.93. The van der Waals surface area contributed by atoms with Crippen LogP contribution in [0.4, 0.5) is 0 Å². The maximum Gasteiger partial charge on any atom is 0.246 e. The van der Waals surface area contributed by atoms with Crippen molar-refractivity contribution in [3.05, 3.63) is 16.6 Å². The minimum atomic E-state index is -0.408. The number of carbonyl (C=O) groups is 2. The summed E-state index contributed by atoms with van der Waals surface area (Å²) in [5.74, 6) is 0.105. The van der Waals surface area contributed by atoms with Gasteiger partial charge in [-0.15, -0.1) is 11.3 Å². The first-order valence-electron chi connectivity index (χ1n) is 7.06. The van der Waals surface area contributed by atoms with Crippen molar-refractivity contribution < 1.29 is 9.59 Å². The Hall–Kier alpha value is -1.43. The fourth-order valence-electron chi connectivity index (χ4n) is 2.49. The Bertz CT molecular complexity index is 475. The number of carbonyl (C=O) groups excluding carboxylic acids is 2. The van der Waals surface area contributed by atoms with E-state index < -0.39 is 6.04 Å². The molecule has 110 valence electrons. The van der Waals surface area contributed by atoms with E-state index in [0.717, 1.165) is 12.1 Å². The number of rotatable bonds is 5. The Morgan fingerprint density at radius 3 is 2.75 bits per heavy atom. The molecule has 0 radical (unpaired) electrons. The predicted octanol–water partition coefficient (Wildman–Crippen LogP) is 1.79. The molecule has 1 aliphatic rings. The van der Waals surface area contributed by atoms with E-state index in [9.17, 15) is 9.59 Å². The zero-order valence-electron chi connectivity index (χ0n) is 12.1. The molecular weight excluding hydrogens is 274 g/mol. The van der Waals surface area contributed by atoms with Crippen LogP contribution in [0.25, 0.3) is 0 Å². The third kappa shape index (κ3) is 2.85. The van der Waals surface area contributed by atoms with Gasteiger partial charge in [-0.3, -0.25) is 9.59 Å². The molecule has 2 amide bonds. The lowest BCUT2D eigenvalue weighted by Crippen LogP contribution is -2.64. The smallest absolute Gasteiger partial charge is 0.246 e. The molecule has 0 spiro atoms. The summed E-state index contributed by atoms with van der Waals surface area (Å²) in [5, 5.41) is 4.80. The first kappa shape index (κ1) is 15.0. The minimum Gasteiger partial charge on any atom is -0.342 e. The standard InChI is InChI=1S/C14H21N3O2S/c1-4-9(3)12-14(19)17(6-10-7-20-8-15-10)11(5-2)13(18)16-12/h7-9,11-12H,4-6H2,1-3H3,(H,16,18). The summed E-state index contributed by atoms with van der Waals surface area (Å²) in [4.78, 5) is 30.8. The molecule has 3 unspecified atom stereocenters. The normalized spacial score (nSPS) is 24.6. The SMILES string of the molecule is CCC(C)C1NC(=O)C(CC)N(Cc2cscn2)C1=O. The molecule has 1 N–H and O–H groups in total. The third-order valence-electron chi connectivity index (χ3n) is 3.94. The van der Waals surface area contributed by atoms with Crippen molar-refractivity contribution in [2.45, 2.75) is 52.2 Å². The lowest BCUT2D eigenvalue weighted by Gasteiger charge is -2.40. The summed E-state index contributed by atoms with van der Waals surface area (Å²) in [6.45, 7) is 6.37. The van der Waals surface area contributed by atoms with Gasteiger partial charge in [0.2, 0.25) is 11.8 Å². The van der Waals surface area contributed by atoms with Crippen molar-refractivity contribution in [3.8, 4) is 0 Å².